The van der Waals surface area contributed by atoms with Gasteiger partial charge in [0.05, 0.1) is 15.7 Å². The van der Waals surface area contributed by atoms with Crippen LogP contribution >= 0.6 is 0 Å². The van der Waals surface area contributed by atoms with Crippen LogP contribution in [0.4, 0.5) is 24.5 Å². The Morgan fingerprint density at radius 3 is 2.39 bits per heavy atom. The van der Waals surface area contributed by atoms with Gasteiger partial charge in [-0.2, -0.15) is 13.2 Å². The number of nitro benzene ring substituents is 1. The average molecular weight is 485 g/mol. The topological polar surface area (TPSA) is 118 Å². The molecule has 1 saturated carbocycles. The van der Waals surface area contributed by atoms with Gasteiger partial charge >= 0.3 is 6.18 Å². The number of nitro groups is 1. The van der Waals surface area contributed by atoms with Crippen molar-refractivity contribution in [3.05, 3.63) is 63.7 Å². The molecule has 0 aromatic heterocycles. The Hall–Kier alpha value is -3.15. The normalized spacial score (nSPS) is 19.0. The Bertz CT molecular complexity index is 1150. The molecule has 1 aliphatic carbocycles. The SMILES string of the molecule is Cc1ccc(S(=O)(=O)Nc2ccc(C(=O)NC3CCCC(C(F)(F)F)C3)cc2)cc1[N+](=O)[O-]. The molecule has 0 heterocycles. The lowest BCUT2D eigenvalue weighted by atomic mass is 9.85. The molecule has 0 bridgehead atoms. The quantitative estimate of drug-likeness (QED) is 0.460. The van der Waals surface area contributed by atoms with Crippen LogP contribution < -0.4 is 10.0 Å². The lowest BCUT2D eigenvalue weighted by Crippen LogP contribution is -2.41. The lowest BCUT2D eigenvalue weighted by Gasteiger charge is -2.31. The van der Waals surface area contributed by atoms with Crippen molar-refractivity contribution in [2.24, 2.45) is 5.92 Å². The third-order valence-corrected chi connectivity index (χ3v) is 6.94. The summed E-state index contributed by atoms with van der Waals surface area (Å²) in [5.41, 5.74) is 0.261. The molecule has 0 spiro atoms. The van der Waals surface area contributed by atoms with Crippen LogP contribution in [0.3, 0.4) is 0 Å². The van der Waals surface area contributed by atoms with Crippen LogP contribution in [-0.4, -0.2) is 31.5 Å². The number of amides is 1. The van der Waals surface area contributed by atoms with E-state index < -0.39 is 39.0 Å². The minimum atomic E-state index is -4.29. The minimum absolute atomic E-state index is 0.0504. The molecule has 2 atom stereocenters. The van der Waals surface area contributed by atoms with Crippen molar-refractivity contribution in [3.8, 4) is 0 Å². The molecule has 8 nitrogen and oxygen atoms in total. The van der Waals surface area contributed by atoms with Crippen LogP contribution in [0.1, 0.15) is 41.6 Å². The van der Waals surface area contributed by atoms with Crippen molar-refractivity contribution in [3.63, 3.8) is 0 Å². The van der Waals surface area contributed by atoms with Crippen LogP contribution in [0.15, 0.2) is 47.4 Å². The number of aryl methyl sites for hydroxylation is 1. The monoisotopic (exact) mass is 485 g/mol. The van der Waals surface area contributed by atoms with E-state index in [0.29, 0.717) is 18.4 Å². The van der Waals surface area contributed by atoms with Gasteiger partial charge in [0.2, 0.25) is 0 Å². The van der Waals surface area contributed by atoms with Gasteiger partial charge in [-0.3, -0.25) is 19.6 Å². The number of nitrogens with one attached hydrogen (secondary N) is 2. The molecule has 0 saturated heterocycles. The molecule has 2 aromatic rings. The zero-order chi connectivity index (χ0) is 24.4. The first kappa shape index (κ1) is 24.5. The molecule has 1 amide bonds. The number of hydrogen-bond donors (Lipinski definition) is 2. The van der Waals surface area contributed by atoms with Crippen LogP contribution in [0.25, 0.3) is 0 Å². The Morgan fingerprint density at radius 1 is 1.12 bits per heavy atom. The predicted molar refractivity (Wildman–Crippen MR) is 114 cm³/mol. The number of nitrogens with zero attached hydrogens (tertiary/aromatic N) is 1. The van der Waals surface area contributed by atoms with Crippen molar-refractivity contribution in [2.75, 3.05) is 4.72 Å². The second-order valence-electron chi connectivity index (χ2n) is 7.96. The summed E-state index contributed by atoms with van der Waals surface area (Å²) in [6.45, 7) is 1.49. The van der Waals surface area contributed by atoms with Crippen molar-refractivity contribution >= 4 is 27.3 Å². The third-order valence-electron chi connectivity index (χ3n) is 5.56. The highest BCUT2D eigenvalue weighted by molar-refractivity contribution is 7.92. The van der Waals surface area contributed by atoms with Gasteiger partial charge in [-0.15, -0.1) is 0 Å². The van der Waals surface area contributed by atoms with Crippen LogP contribution in [0, 0.1) is 23.0 Å². The van der Waals surface area contributed by atoms with Gasteiger partial charge in [-0.05, 0) is 56.5 Å². The van der Waals surface area contributed by atoms with Crippen LogP contribution in [0.2, 0.25) is 0 Å². The zero-order valence-corrected chi connectivity index (χ0v) is 18.4. The number of alkyl halides is 3. The second kappa shape index (κ2) is 9.38. The predicted octanol–water partition coefficient (Wildman–Crippen LogP) is 4.55. The van der Waals surface area contributed by atoms with Crippen molar-refractivity contribution in [2.45, 2.75) is 49.7 Å². The Balaban J connectivity index is 1.67. The van der Waals surface area contributed by atoms with E-state index in [9.17, 15) is 36.5 Å². The van der Waals surface area contributed by atoms with Crippen LogP contribution in [-0.2, 0) is 10.0 Å². The summed E-state index contributed by atoms with van der Waals surface area (Å²) in [5, 5.41) is 13.7. The summed E-state index contributed by atoms with van der Waals surface area (Å²) in [7, 11) is -4.12. The van der Waals surface area contributed by atoms with E-state index in [1.54, 1.807) is 0 Å². The van der Waals surface area contributed by atoms with Gasteiger partial charge in [0.1, 0.15) is 0 Å². The molecule has 1 aliphatic rings. The van der Waals surface area contributed by atoms with E-state index in [-0.39, 0.29) is 34.7 Å². The van der Waals surface area contributed by atoms with Gasteiger partial charge in [-0.1, -0.05) is 12.5 Å². The molecule has 0 aliphatic heterocycles. The first-order valence-corrected chi connectivity index (χ1v) is 11.6. The highest BCUT2D eigenvalue weighted by Crippen LogP contribution is 2.37. The highest BCUT2D eigenvalue weighted by atomic mass is 32.2. The number of carbonyl (C=O) groups excluding carboxylic acids is 1. The van der Waals surface area contributed by atoms with Gasteiger partial charge in [-0.25, -0.2) is 8.42 Å². The number of sulfonamides is 1. The molecule has 1 fully saturated rings. The summed E-state index contributed by atoms with van der Waals surface area (Å²) < 4.78 is 66.3. The number of benzene rings is 2. The summed E-state index contributed by atoms with van der Waals surface area (Å²) in [6, 6.07) is 8.28. The number of rotatable bonds is 6. The van der Waals surface area contributed by atoms with Crippen molar-refractivity contribution in [1.29, 1.82) is 0 Å². The fourth-order valence-electron chi connectivity index (χ4n) is 3.74. The van der Waals surface area contributed by atoms with Crippen LogP contribution in [0.5, 0.6) is 0 Å². The van der Waals surface area contributed by atoms with E-state index in [1.807, 2.05) is 0 Å². The molecular formula is C21H22F3N3O5S. The minimum Gasteiger partial charge on any atom is -0.349 e. The second-order valence-corrected chi connectivity index (χ2v) is 9.65. The molecule has 33 heavy (non-hydrogen) atoms. The molecule has 0 radical (unpaired) electrons. The third kappa shape index (κ3) is 6.01. The standard InChI is InChI=1S/C21H22F3N3O5S/c1-13-5-10-18(12-19(13)27(29)30)33(31,32)26-16-8-6-14(7-9-16)20(28)25-17-4-2-3-15(11-17)21(22,23)24/h5-10,12,15,17,26H,2-4,11H2,1H3,(H,25,28). The van der Waals surface area contributed by atoms with Gasteiger partial charge in [0, 0.05) is 28.9 Å². The molecular weight excluding hydrogens is 463 g/mol. The highest BCUT2D eigenvalue weighted by Gasteiger charge is 2.42. The smallest absolute Gasteiger partial charge is 0.349 e. The van der Waals surface area contributed by atoms with Gasteiger partial charge in [0.25, 0.3) is 21.6 Å². The van der Waals surface area contributed by atoms with Gasteiger partial charge in [0.15, 0.2) is 0 Å². The summed E-state index contributed by atoms with van der Waals surface area (Å²) in [4.78, 5) is 22.5. The molecule has 178 valence electrons. The molecule has 2 unspecified atom stereocenters. The fourth-order valence-corrected chi connectivity index (χ4v) is 4.82. The van der Waals surface area contributed by atoms with E-state index >= 15 is 0 Å². The number of carbonyl (C=O) groups is 1. The average Bonchev–Trinajstić information content (AvgIpc) is 2.73. The fraction of sp³-hybridized carbons (Fsp3) is 0.381. The van der Waals surface area contributed by atoms with Crippen molar-refractivity contribution < 1.29 is 31.3 Å². The summed E-state index contributed by atoms with van der Waals surface area (Å²) in [5.74, 6) is -1.99. The van der Waals surface area contributed by atoms with E-state index in [2.05, 4.69) is 10.0 Å². The maximum atomic E-state index is 13.0. The summed E-state index contributed by atoms with van der Waals surface area (Å²) in [6.07, 6.45) is -3.59. The van der Waals surface area contributed by atoms with E-state index in [4.69, 9.17) is 0 Å². The molecule has 12 heteroatoms. The maximum Gasteiger partial charge on any atom is 0.391 e. The molecule has 2 N–H and O–H groups in total. The number of halogens is 3. The number of anilines is 1. The maximum absolute atomic E-state index is 13.0. The van der Waals surface area contributed by atoms with E-state index in [1.165, 1.54) is 43.3 Å². The lowest BCUT2D eigenvalue weighted by molar-refractivity contribution is -0.385. The molecule has 3 rings (SSSR count). The zero-order valence-electron chi connectivity index (χ0n) is 17.6. The molecule has 2 aromatic carbocycles. The first-order valence-electron chi connectivity index (χ1n) is 10.1. The Morgan fingerprint density at radius 2 is 1.79 bits per heavy atom. The van der Waals surface area contributed by atoms with Gasteiger partial charge < -0.3 is 5.32 Å². The first-order chi connectivity index (χ1) is 15.4. The van der Waals surface area contributed by atoms with Crippen molar-refractivity contribution in [1.82, 2.24) is 5.32 Å². The Labute approximate surface area is 188 Å². The van der Waals surface area contributed by atoms with E-state index in [0.717, 1.165) is 6.07 Å². The summed E-state index contributed by atoms with van der Waals surface area (Å²) >= 11 is 0. The number of hydrogen-bond acceptors (Lipinski definition) is 5. The Kier molecular flexibility index (Phi) is 6.96. The largest absolute Gasteiger partial charge is 0.391 e.